The standard InChI is InChI=1S/C18H29N3O3/c1-19-18(20-8-4-9-24-17-7-10-23-14-17)21-12-15-5-3-6-16(11-15)13-22-2/h3,5-6,11,17H,4,7-10,12-14H2,1-2H3,(H2,19,20,21). The molecule has 2 rings (SSSR count). The van der Waals surface area contributed by atoms with E-state index in [2.05, 4.69) is 33.8 Å². The SMILES string of the molecule is CN=C(NCCCOC1CCOC1)NCc1cccc(COC)c1. The molecule has 1 aliphatic rings. The summed E-state index contributed by atoms with van der Waals surface area (Å²) in [5.41, 5.74) is 2.38. The monoisotopic (exact) mass is 335 g/mol. The Labute approximate surface area is 144 Å². The minimum atomic E-state index is 0.279. The molecular weight excluding hydrogens is 306 g/mol. The molecule has 24 heavy (non-hydrogen) atoms. The van der Waals surface area contributed by atoms with Gasteiger partial charge in [-0.2, -0.15) is 0 Å². The lowest BCUT2D eigenvalue weighted by Crippen LogP contribution is -2.37. The number of guanidine groups is 1. The van der Waals surface area contributed by atoms with Crippen molar-refractivity contribution >= 4 is 5.96 Å². The normalized spacial score (nSPS) is 17.9. The molecule has 134 valence electrons. The van der Waals surface area contributed by atoms with Crippen molar-refractivity contribution in [1.29, 1.82) is 0 Å². The van der Waals surface area contributed by atoms with Gasteiger partial charge in [0, 0.05) is 40.5 Å². The second-order valence-electron chi connectivity index (χ2n) is 5.82. The summed E-state index contributed by atoms with van der Waals surface area (Å²) in [5, 5.41) is 6.63. The molecule has 1 heterocycles. The molecule has 1 aromatic rings. The summed E-state index contributed by atoms with van der Waals surface area (Å²) in [6, 6.07) is 8.35. The van der Waals surface area contributed by atoms with Crippen LogP contribution in [0.4, 0.5) is 0 Å². The van der Waals surface area contributed by atoms with Crippen LogP contribution in [0.3, 0.4) is 0 Å². The summed E-state index contributed by atoms with van der Waals surface area (Å²) in [4.78, 5) is 4.25. The first-order chi connectivity index (χ1) is 11.8. The van der Waals surface area contributed by atoms with E-state index in [9.17, 15) is 0 Å². The van der Waals surface area contributed by atoms with Gasteiger partial charge in [-0.1, -0.05) is 24.3 Å². The van der Waals surface area contributed by atoms with Gasteiger partial charge in [0.05, 0.1) is 19.3 Å². The number of benzene rings is 1. The highest BCUT2D eigenvalue weighted by Gasteiger charge is 2.15. The lowest BCUT2D eigenvalue weighted by atomic mass is 10.1. The van der Waals surface area contributed by atoms with Crippen molar-refractivity contribution in [2.45, 2.75) is 32.1 Å². The van der Waals surface area contributed by atoms with Crippen LogP contribution in [0.15, 0.2) is 29.3 Å². The molecule has 2 N–H and O–H groups in total. The molecule has 0 saturated carbocycles. The van der Waals surface area contributed by atoms with Gasteiger partial charge in [-0.25, -0.2) is 0 Å². The largest absolute Gasteiger partial charge is 0.380 e. The third-order valence-corrected chi connectivity index (χ3v) is 3.84. The molecule has 0 radical (unpaired) electrons. The summed E-state index contributed by atoms with van der Waals surface area (Å²) < 4.78 is 16.2. The van der Waals surface area contributed by atoms with E-state index in [1.165, 1.54) is 11.1 Å². The average Bonchev–Trinajstić information content (AvgIpc) is 3.11. The molecule has 1 atom stereocenters. The molecule has 1 saturated heterocycles. The Hall–Kier alpha value is -1.63. The zero-order valence-corrected chi connectivity index (χ0v) is 14.7. The van der Waals surface area contributed by atoms with Crippen LogP contribution in [0.25, 0.3) is 0 Å². The summed E-state index contributed by atoms with van der Waals surface area (Å²) in [7, 11) is 3.49. The third kappa shape index (κ3) is 6.86. The minimum Gasteiger partial charge on any atom is -0.380 e. The van der Waals surface area contributed by atoms with Crippen molar-refractivity contribution in [3.8, 4) is 0 Å². The van der Waals surface area contributed by atoms with Gasteiger partial charge in [-0.15, -0.1) is 0 Å². The Morgan fingerprint density at radius 1 is 1.33 bits per heavy atom. The van der Waals surface area contributed by atoms with Crippen LogP contribution in [0.5, 0.6) is 0 Å². The highest BCUT2D eigenvalue weighted by molar-refractivity contribution is 5.79. The molecule has 0 spiro atoms. The van der Waals surface area contributed by atoms with Crippen LogP contribution < -0.4 is 10.6 Å². The summed E-state index contributed by atoms with van der Waals surface area (Å²) in [5.74, 6) is 0.802. The predicted molar refractivity (Wildman–Crippen MR) is 95.1 cm³/mol. The van der Waals surface area contributed by atoms with Crippen LogP contribution in [0.2, 0.25) is 0 Å². The zero-order chi connectivity index (χ0) is 17.0. The second-order valence-corrected chi connectivity index (χ2v) is 5.82. The van der Waals surface area contributed by atoms with Gasteiger partial charge in [0.15, 0.2) is 5.96 Å². The summed E-state index contributed by atoms with van der Waals surface area (Å²) in [6.07, 6.45) is 2.24. The maximum absolute atomic E-state index is 5.75. The van der Waals surface area contributed by atoms with E-state index in [1.54, 1.807) is 14.2 Å². The van der Waals surface area contributed by atoms with Crippen LogP contribution in [0.1, 0.15) is 24.0 Å². The molecule has 0 aliphatic carbocycles. The highest BCUT2D eigenvalue weighted by Crippen LogP contribution is 2.08. The first-order valence-electron chi connectivity index (χ1n) is 8.52. The molecular formula is C18H29N3O3. The lowest BCUT2D eigenvalue weighted by molar-refractivity contribution is 0.0420. The second kappa shape index (κ2) is 11.0. The maximum Gasteiger partial charge on any atom is 0.191 e. The Kier molecular flexibility index (Phi) is 8.59. The fourth-order valence-electron chi connectivity index (χ4n) is 2.58. The van der Waals surface area contributed by atoms with E-state index in [-0.39, 0.29) is 6.10 Å². The van der Waals surface area contributed by atoms with Crippen LogP contribution in [-0.2, 0) is 27.4 Å². The Bertz CT molecular complexity index is 502. The number of rotatable bonds is 9. The molecule has 6 nitrogen and oxygen atoms in total. The quantitative estimate of drug-likeness (QED) is 0.408. The highest BCUT2D eigenvalue weighted by atomic mass is 16.5. The number of nitrogens with one attached hydrogen (secondary N) is 2. The molecule has 1 aliphatic heterocycles. The number of hydrogen-bond donors (Lipinski definition) is 2. The van der Waals surface area contributed by atoms with E-state index in [0.717, 1.165) is 51.7 Å². The van der Waals surface area contributed by atoms with Gasteiger partial charge in [0.2, 0.25) is 0 Å². The topological polar surface area (TPSA) is 64.1 Å². The van der Waals surface area contributed by atoms with Crippen molar-refractivity contribution < 1.29 is 14.2 Å². The number of nitrogens with zero attached hydrogens (tertiary/aromatic N) is 1. The first-order valence-corrected chi connectivity index (χ1v) is 8.52. The molecule has 0 amide bonds. The number of hydrogen-bond acceptors (Lipinski definition) is 4. The summed E-state index contributed by atoms with van der Waals surface area (Å²) >= 11 is 0. The Morgan fingerprint density at radius 2 is 2.21 bits per heavy atom. The van der Waals surface area contributed by atoms with Crippen LogP contribution >= 0.6 is 0 Å². The van der Waals surface area contributed by atoms with Crippen molar-refractivity contribution in [2.24, 2.45) is 4.99 Å². The van der Waals surface area contributed by atoms with Gasteiger partial charge in [-0.3, -0.25) is 4.99 Å². The molecule has 0 aromatic heterocycles. The van der Waals surface area contributed by atoms with Gasteiger partial charge in [-0.05, 0) is 24.0 Å². The molecule has 0 bridgehead atoms. The fourth-order valence-corrected chi connectivity index (χ4v) is 2.58. The van der Waals surface area contributed by atoms with E-state index in [1.807, 2.05) is 6.07 Å². The summed E-state index contributed by atoms with van der Waals surface area (Å²) in [6.45, 7) is 4.50. The zero-order valence-electron chi connectivity index (χ0n) is 14.7. The molecule has 1 aromatic carbocycles. The van der Waals surface area contributed by atoms with E-state index in [0.29, 0.717) is 6.61 Å². The number of methoxy groups -OCH3 is 1. The van der Waals surface area contributed by atoms with Crippen LogP contribution in [0, 0.1) is 0 Å². The lowest BCUT2D eigenvalue weighted by Gasteiger charge is -2.13. The maximum atomic E-state index is 5.75. The van der Waals surface area contributed by atoms with Crippen molar-refractivity contribution in [3.63, 3.8) is 0 Å². The van der Waals surface area contributed by atoms with Gasteiger partial charge >= 0.3 is 0 Å². The molecule has 6 heteroatoms. The first kappa shape index (κ1) is 18.7. The average molecular weight is 335 g/mol. The van der Waals surface area contributed by atoms with Crippen LogP contribution in [-0.4, -0.2) is 52.6 Å². The van der Waals surface area contributed by atoms with Gasteiger partial charge < -0.3 is 24.8 Å². The Balaban J connectivity index is 1.62. The smallest absolute Gasteiger partial charge is 0.191 e. The number of aliphatic imine (C=N–C) groups is 1. The molecule has 1 unspecified atom stereocenters. The van der Waals surface area contributed by atoms with Crippen molar-refractivity contribution in [1.82, 2.24) is 10.6 Å². The molecule has 1 fully saturated rings. The van der Waals surface area contributed by atoms with Gasteiger partial charge in [0.1, 0.15) is 0 Å². The van der Waals surface area contributed by atoms with E-state index >= 15 is 0 Å². The predicted octanol–water partition coefficient (Wildman–Crippen LogP) is 1.69. The van der Waals surface area contributed by atoms with Gasteiger partial charge in [0.25, 0.3) is 0 Å². The Morgan fingerprint density at radius 3 is 2.96 bits per heavy atom. The number of ether oxygens (including phenoxy) is 3. The van der Waals surface area contributed by atoms with Crippen molar-refractivity contribution in [2.75, 3.05) is 40.5 Å². The minimum absolute atomic E-state index is 0.279. The van der Waals surface area contributed by atoms with E-state index < -0.39 is 0 Å². The third-order valence-electron chi connectivity index (χ3n) is 3.84. The fraction of sp³-hybridized carbons (Fsp3) is 0.611. The van der Waals surface area contributed by atoms with Crippen molar-refractivity contribution in [3.05, 3.63) is 35.4 Å². The van der Waals surface area contributed by atoms with E-state index in [4.69, 9.17) is 14.2 Å².